The number of nitrogens with zero attached hydrogens (tertiary/aromatic N) is 1. The molecule has 0 saturated carbocycles. The molecule has 3 N–H and O–H groups in total. The lowest BCUT2D eigenvalue weighted by Crippen LogP contribution is -2.24. The summed E-state index contributed by atoms with van der Waals surface area (Å²) in [5.41, 5.74) is 10.9. The van der Waals surface area contributed by atoms with Crippen molar-refractivity contribution in [3.8, 4) is 17.2 Å². The molecule has 0 aromatic heterocycles. The summed E-state index contributed by atoms with van der Waals surface area (Å²) in [6.07, 6.45) is 5.35. The summed E-state index contributed by atoms with van der Waals surface area (Å²) in [6.45, 7) is 0.521. The zero-order valence-corrected chi connectivity index (χ0v) is 19.6. The van der Waals surface area contributed by atoms with Gasteiger partial charge in [0.25, 0.3) is 0 Å². The van der Waals surface area contributed by atoms with Gasteiger partial charge in [-0.2, -0.15) is 0 Å². The van der Waals surface area contributed by atoms with Gasteiger partial charge in [0.2, 0.25) is 0 Å². The topological polar surface area (TPSA) is 78.1 Å². The van der Waals surface area contributed by atoms with E-state index in [1.165, 1.54) is 24.0 Å². The van der Waals surface area contributed by atoms with Crippen LogP contribution in [0.4, 0.5) is 5.69 Å². The number of aliphatic imine (C=N–C) groups is 1. The fraction of sp³-hybridized carbons (Fsp3) is 0.409. The maximum atomic E-state index is 6.15. The number of halogens is 1. The van der Waals surface area contributed by atoms with E-state index >= 15 is 0 Å². The highest BCUT2D eigenvalue weighted by atomic mass is 127. The second kappa shape index (κ2) is 11.1. The number of guanidine groups is 1. The number of aryl methyl sites for hydroxylation is 1. The SMILES string of the molecule is COc1cc(OC)c(CCN=C(N)Nc2cccc3c2CCCC3)c(OC)c1.I. The average Bonchev–Trinajstić information content (AvgIpc) is 2.73. The molecule has 0 atom stereocenters. The van der Waals surface area contributed by atoms with Crippen LogP contribution in [0.5, 0.6) is 17.2 Å². The minimum Gasteiger partial charge on any atom is -0.496 e. The molecule has 0 saturated heterocycles. The summed E-state index contributed by atoms with van der Waals surface area (Å²) < 4.78 is 16.3. The van der Waals surface area contributed by atoms with E-state index in [2.05, 4.69) is 28.5 Å². The highest BCUT2D eigenvalue weighted by Gasteiger charge is 2.14. The third kappa shape index (κ3) is 5.68. The number of benzene rings is 2. The van der Waals surface area contributed by atoms with Crippen LogP contribution < -0.4 is 25.3 Å². The van der Waals surface area contributed by atoms with Crippen LogP contribution in [0.25, 0.3) is 0 Å². The number of ether oxygens (including phenoxy) is 3. The third-order valence-electron chi connectivity index (χ3n) is 5.12. The van der Waals surface area contributed by atoms with E-state index in [-0.39, 0.29) is 24.0 Å². The minimum atomic E-state index is 0. The minimum absolute atomic E-state index is 0. The first kappa shape index (κ1) is 23.1. The first-order valence-corrected chi connectivity index (χ1v) is 9.63. The molecule has 158 valence electrons. The fourth-order valence-electron chi connectivity index (χ4n) is 3.69. The van der Waals surface area contributed by atoms with Crippen LogP contribution in [0, 0.1) is 0 Å². The van der Waals surface area contributed by atoms with Crippen molar-refractivity contribution < 1.29 is 14.2 Å². The number of hydrogen-bond donors (Lipinski definition) is 2. The van der Waals surface area contributed by atoms with E-state index in [1.54, 1.807) is 21.3 Å². The molecule has 0 amide bonds. The average molecular weight is 511 g/mol. The Hall–Kier alpha value is -2.16. The van der Waals surface area contributed by atoms with Crippen molar-refractivity contribution in [2.45, 2.75) is 32.1 Å². The highest BCUT2D eigenvalue weighted by Crippen LogP contribution is 2.34. The number of nitrogens with one attached hydrogen (secondary N) is 1. The molecule has 0 bridgehead atoms. The van der Waals surface area contributed by atoms with Crippen molar-refractivity contribution in [2.24, 2.45) is 10.7 Å². The van der Waals surface area contributed by atoms with E-state index in [1.807, 2.05) is 12.1 Å². The Balaban J connectivity index is 0.00000300. The largest absolute Gasteiger partial charge is 0.496 e. The molecule has 2 aromatic carbocycles. The zero-order chi connectivity index (χ0) is 19.9. The summed E-state index contributed by atoms with van der Waals surface area (Å²) in [5, 5.41) is 3.28. The van der Waals surface area contributed by atoms with Gasteiger partial charge in [0.1, 0.15) is 17.2 Å². The van der Waals surface area contributed by atoms with Gasteiger partial charge in [0.05, 0.1) is 21.3 Å². The molecule has 0 heterocycles. The highest BCUT2D eigenvalue weighted by molar-refractivity contribution is 14.0. The van der Waals surface area contributed by atoms with E-state index in [0.717, 1.165) is 35.6 Å². The Bertz CT molecular complexity index is 830. The fourth-order valence-corrected chi connectivity index (χ4v) is 3.69. The van der Waals surface area contributed by atoms with Crippen LogP contribution in [0.3, 0.4) is 0 Å². The van der Waals surface area contributed by atoms with Gasteiger partial charge in [-0.3, -0.25) is 4.99 Å². The summed E-state index contributed by atoms with van der Waals surface area (Å²) in [6, 6.07) is 10.0. The molecule has 0 fully saturated rings. The molecule has 0 unspecified atom stereocenters. The summed E-state index contributed by atoms with van der Waals surface area (Å²) in [4.78, 5) is 4.50. The van der Waals surface area contributed by atoms with Crippen LogP contribution in [0.2, 0.25) is 0 Å². The van der Waals surface area contributed by atoms with E-state index < -0.39 is 0 Å². The van der Waals surface area contributed by atoms with Crippen LogP contribution in [0.1, 0.15) is 29.5 Å². The standard InChI is InChI=1S/C22H29N3O3.HI/c1-26-16-13-20(27-2)18(21(14-16)28-3)11-12-24-22(23)25-19-10-6-8-15-7-4-5-9-17(15)19;/h6,8,10,13-14H,4-5,7,9,11-12H2,1-3H3,(H3,23,24,25);1H. The Morgan fingerprint density at radius 2 is 1.72 bits per heavy atom. The lowest BCUT2D eigenvalue weighted by molar-refractivity contribution is 0.369. The molecule has 0 aliphatic heterocycles. The van der Waals surface area contributed by atoms with E-state index in [0.29, 0.717) is 24.7 Å². The number of methoxy groups -OCH3 is 3. The second-order valence-corrected chi connectivity index (χ2v) is 6.80. The van der Waals surface area contributed by atoms with Crippen LogP contribution in [0.15, 0.2) is 35.3 Å². The molecule has 7 heteroatoms. The predicted octanol–water partition coefficient (Wildman–Crippen LogP) is 4.18. The molecule has 3 rings (SSSR count). The van der Waals surface area contributed by atoms with E-state index in [4.69, 9.17) is 19.9 Å². The summed E-state index contributed by atoms with van der Waals surface area (Å²) >= 11 is 0. The Morgan fingerprint density at radius 1 is 1.03 bits per heavy atom. The van der Waals surface area contributed by atoms with Crippen LogP contribution in [-0.2, 0) is 19.3 Å². The monoisotopic (exact) mass is 511 g/mol. The number of anilines is 1. The molecule has 0 radical (unpaired) electrons. The molecule has 1 aliphatic carbocycles. The molecule has 1 aliphatic rings. The molecule has 29 heavy (non-hydrogen) atoms. The number of fused-ring (bicyclic) bond motifs is 1. The molecule has 6 nitrogen and oxygen atoms in total. The first-order chi connectivity index (χ1) is 13.7. The van der Waals surface area contributed by atoms with Gasteiger partial charge in [-0.05, 0) is 49.3 Å². The van der Waals surface area contributed by atoms with Crippen LogP contribution >= 0.6 is 24.0 Å². The van der Waals surface area contributed by atoms with Gasteiger partial charge < -0.3 is 25.3 Å². The van der Waals surface area contributed by atoms with Crippen molar-refractivity contribution in [3.05, 3.63) is 47.0 Å². The van der Waals surface area contributed by atoms with Crippen molar-refractivity contribution >= 4 is 35.6 Å². The molecular weight excluding hydrogens is 481 g/mol. The maximum absolute atomic E-state index is 6.15. The smallest absolute Gasteiger partial charge is 0.193 e. The number of nitrogens with two attached hydrogens (primary N) is 1. The van der Waals surface area contributed by atoms with Gasteiger partial charge in [-0.15, -0.1) is 24.0 Å². The summed E-state index contributed by atoms with van der Waals surface area (Å²) in [7, 11) is 4.89. The lowest BCUT2D eigenvalue weighted by Gasteiger charge is -2.20. The lowest BCUT2D eigenvalue weighted by atomic mass is 9.90. The first-order valence-electron chi connectivity index (χ1n) is 9.63. The quantitative estimate of drug-likeness (QED) is 0.332. The van der Waals surface area contributed by atoms with Crippen LogP contribution in [-0.4, -0.2) is 33.8 Å². The zero-order valence-electron chi connectivity index (χ0n) is 17.3. The molecular formula is C22H30IN3O3. The number of rotatable bonds is 7. The molecule has 0 spiro atoms. The van der Waals surface area contributed by atoms with Gasteiger partial charge in [-0.1, -0.05) is 12.1 Å². The molecule has 2 aromatic rings. The van der Waals surface area contributed by atoms with Crippen molar-refractivity contribution in [1.82, 2.24) is 0 Å². The van der Waals surface area contributed by atoms with Gasteiger partial charge >= 0.3 is 0 Å². The van der Waals surface area contributed by atoms with E-state index in [9.17, 15) is 0 Å². The van der Waals surface area contributed by atoms with Gasteiger partial charge in [0, 0.05) is 29.9 Å². The van der Waals surface area contributed by atoms with Crippen molar-refractivity contribution in [3.63, 3.8) is 0 Å². The van der Waals surface area contributed by atoms with Crippen molar-refractivity contribution in [1.29, 1.82) is 0 Å². The second-order valence-electron chi connectivity index (χ2n) is 6.80. The Labute approximate surface area is 189 Å². The Kier molecular flexibility index (Phi) is 8.88. The van der Waals surface area contributed by atoms with Gasteiger partial charge in [-0.25, -0.2) is 0 Å². The summed E-state index contributed by atoms with van der Waals surface area (Å²) in [5.74, 6) is 2.55. The Morgan fingerprint density at radius 3 is 2.38 bits per heavy atom. The maximum Gasteiger partial charge on any atom is 0.193 e. The number of hydrogen-bond acceptors (Lipinski definition) is 4. The van der Waals surface area contributed by atoms with Gasteiger partial charge in [0.15, 0.2) is 5.96 Å². The predicted molar refractivity (Wildman–Crippen MR) is 128 cm³/mol. The normalized spacial score (nSPS) is 13.1. The third-order valence-corrected chi connectivity index (χ3v) is 5.12. The van der Waals surface area contributed by atoms with Crippen molar-refractivity contribution in [2.75, 3.05) is 33.2 Å².